The second kappa shape index (κ2) is 11.6. The number of nitrogens with zero attached hydrogens (tertiary/aromatic N) is 1. The third-order valence-electron chi connectivity index (χ3n) is 5.52. The van der Waals surface area contributed by atoms with E-state index in [1.807, 2.05) is 0 Å². The lowest BCUT2D eigenvalue weighted by molar-refractivity contribution is -0.141. The number of carbonyl (C=O) groups excluding carboxylic acids is 1. The molecule has 0 saturated heterocycles. The number of rotatable bonds is 9. The first kappa shape index (κ1) is 27.3. The summed E-state index contributed by atoms with van der Waals surface area (Å²) >= 11 is 0. The Hall–Kier alpha value is -3.31. The van der Waals surface area contributed by atoms with Gasteiger partial charge in [-0.05, 0) is 54.4 Å². The van der Waals surface area contributed by atoms with Gasteiger partial charge in [-0.2, -0.15) is 13.2 Å². The van der Waals surface area contributed by atoms with Crippen molar-refractivity contribution in [2.75, 3.05) is 13.4 Å². The highest BCUT2D eigenvalue weighted by molar-refractivity contribution is 7.82. The standard InChI is InChI=1S/C25H25F4N3O3S/c1-15(17-4-5-18(21(26)12-17)14-31-36(3)34)24(33)30-13-19-8-11-22(25(27,28)29)32-23(19)16-6-9-20(35-2)10-7-16/h4-12,15,31H,13-14H2,1-3H3,(H,30,33). The van der Waals surface area contributed by atoms with Gasteiger partial charge < -0.3 is 10.1 Å². The summed E-state index contributed by atoms with van der Waals surface area (Å²) in [5.74, 6) is -1.17. The molecule has 192 valence electrons. The predicted octanol–water partition coefficient (Wildman–Crippen LogP) is 4.72. The first-order valence-corrected chi connectivity index (χ1v) is 12.4. The largest absolute Gasteiger partial charge is 0.497 e. The number of carbonyl (C=O) groups is 1. The summed E-state index contributed by atoms with van der Waals surface area (Å²) in [6, 6.07) is 12.9. The fourth-order valence-corrected chi connectivity index (χ4v) is 3.79. The van der Waals surface area contributed by atoms with E-state index in [9.17, 15) is 26.6 Å². The zero-order chi connectivity index (χ0) is 26.5. The highest BCUT2D eigenvalue weighted by Crippen LogP contribution is 2.32. The Balaban J connectivity index is 1.79. The van der Waals surface area contributed by atoms with Gasteiger partial charge in [-0.15, -0.1) is 0 Å². The molecule has 2 unspecified atom stereocenters. The van der Waals surface area contributed by atoms with Gasteiger partial charge in [-0.3, -0.25) is 4.79 Å². The van der Waals surface area contributed by atoms with Crippen LogP contribution >= 0.6 is 0 Å². The SMILES string of the molecule is COc1ccc(-c2nc(C(F)(F)F)ccc2CNC(=O)C(C)c2ccc(CNS(C)=O)c(F)c2)cc1. The molecule has 1 aromatic heterocycles. The number of nitrogens with one attached hydrogen (secondary N) is 2. The van der Waals surface area contributed by atoms with E-state index in [0.717, 1.165) is 6.07 Å². The summed E-state index contributed by atoms with van der Waals surface area (Å²) in [4.78, 5) is 16.6. The molecule has 0 saturated carbocycles. The van der Waals surface area contributed by atoms with E-state index in [1.165, 1.54) is 31.6 Å². The van der Waals surface area contributed by atoms with Crippen LogP contribution < -0.4 is 14.8 Å². The molecule has 2 N–H and O–H groups in total. The summed E-state index contributed by atoms with van der Waals surface area (Å²) in [6.07, 6.45) is -3.19. The fourth-order valence-electron chi connectivity index (χ4n) is 3.43. The molecule has 0 fully saturated rings. The molecule has 0 bridgehead atoms. The maximum Gasteiger partial charge on any atom is 0.433 e. The van der Waals surface area contributed by atoms with Crippen molar-refractivity contribution >= 4 is 16.9 Å². The number of alkyl halides is 3. The van der Waals surface area contributed by atoms with Crippen LogP contribution in [-0.2, 0) is 35.0 Å². The van der Waals surface area contributed by atoms with Crippen molar-refractivity contribution in [1.29, 1.82) is 0 Å². The Kier molecular flexibility index (Phi) is 8.80. The second-order valence-electron chi connectivity index (χ2n) is 8.00. The molecule has 6 nitrogen and oxygen atoms in total. The minimum Gasteiger partial charge on any atom is -0.497 e. The predicted molar refractivity (Wildman–Crippen MR) is 129 cm³/mol. The molecule has 0 aliphatic carbocycles. The van der Waals surface area contributed by atoms with E-state index in [1.54, 1.807) is 37.3 Å². The molecule has 3 aromatic rings. The minimum atomic E-state index is -4.63. The van der Waals surface area contributed by atoms with E-state index in [4.69, 9.17) is 4.74 Å². The molecule has 0 aliphatic rings. The van der Waals surface area contributed by atoms with Gasteiger partial charge in [0, 0.05) is 30.5 Å². The van der Waals surface area contributed by atoms with Crippen LogP contribution in [0.5, 0.6) is 5.75 Å². The molecule has 2 atom stereocenters. The van der Waals surface area contributed by atoms with Gasteiger partial charge in [-0.1, -0.05) is 18.2 Å². The lowest BCUT2D eigenvalue weighted by atomic mass is 9.98. The Morgan fingerprint density at radius 3 is 2.31 bits per heavy atom. The molecule has 11 heteroatoms. The van der Waals surface area contributed by atoms with Gasteiger partial charge in [0.05, 0.1) is 29.7 Å². The number of hydrogen-bond donors (Lipinski definition) is 2. The van der Waals surface area contributed by atoms with Crippen LogP contribution in [0.15, 0.2) is 54.6 Å². The lowest BCUT2D eigenvalue weighted by Gasteiger charge is -2.16. The summed E-state index contributed by atoms with van der Waals surface area (Å²) in [5.41, 5.74) is 0.575. The smallest absolute Gasteiger partial charge is 0.433 e. The zero-order valence-electron chi connectivity index (χ0n) is 19.8. The fraction of sp³-hybridized carbons (Fsp3) is 0.280. The van der Waals surface area contributed by atoms with Crippen LogP contribution in [-0.4, -0.2) is 28.5 Å². The molecular weight excluding hydrogens is 498 g/mol. The van der Waals surface area contributed by atoms with E-state index < -0.39 is 40.5 Å². The first-order chi connectivity index (χ1) is 17.0. The van der Waals surface area contributed by atoms with Crippen molar-refractivity contribution in [2.45, 2.75) is 32.1 Å². The highest BCUT2D eigenvalue weighted by Gasteiger charge is 2.33. The van der Waals surface area contributed by atoms with Gasteiger partial charge in [-0.25, -0.2) is 18.3 Å². The van der Waals surface area contributed by atoms with Crippen LogP contribution in [0, 0.1) is 5.82 Å². The second-order valence-corrected chi connectivity index (χ2v) is 9.19. The average molecular weight is 524 g/mol. The van der Waals surface area contributed by atoms with Crippen molar-refractivity contribution in [3.8, 4) is 17.0 Å². The topological polar surface area (TPSA) is 80.3 Å². The van der Waals surface area contributed by atoms with Gasteiger partial charge in [0.15, 0.2) is 0 Å². The molecule has 0 aliphatic heterocycles. The van der Waals surface area contributed by atoms with Crippen molar-refractivity contribution < 1.29 is 31.3 Å². The third kappa shape index (κ3) is 6.88. The third-order valence-corrected chi connectivity index (χ3v) is 6.07. The summed E-state index contributed by atoms with van der Waals surface area (Å²) in [6.45, 7) is 1.59. The number of halogens is 4. The Bertz CT molecular complexity index is 1250. The van der Waals surface area contributed by atoms with Crippen LogP contribution in [0.4, 0.5) is 17.6 Å². The summed E-state index contributed by atoms with van der Waals surface area (Å²) < 4.78 is 73.2. The quantitative estimate of drug-likeness (QED) is 0.398. The molecule has 3 rings (SSSR count). The van der Waals surface area contributed by atoms with Crippen LogP contribution in [0.1, 0.15) is 35.2 Å². The highest BCUT2D eigenvalue weighted by atomic mass is 32.2. The number of ether oxygens (including phenoxy) is 1. The van der Waals surface area contributed by atoms with Gasteiger partial charge >= 0.3 is 6.18 Å². The van der Waals surface area contributed by atoms with Crippen molar-refractivity contribution in [2.24, 2.45) is 0 Å². The van der Waals surface area contributed by atoms with E-state index in [0.29, 0.717) is 28.0 Å². The van der Waals surface area contributed by atoms with Crippen molar-refractivity contribution in [1.82, 2.24) is 15.0 Å². The molecule has 2 aromatic carbocycles. The molecule has 1 amide bonds. The van der Waals surface area contributed by atoms with Gasteiger partial charge in [0.2, 0.25) is 5.91 Å². The molecule has 1 heterocycles. The number of hydrogen-bond acceptors (Lipinski definition) is 4. The van der Waals surface area contributed by atoms with Crippen LogP contribution in [0.25, 0.3) is 11.3 Å². The normalized spacial score (nSPS) is 13.2. The number of benzene rings is 2. The van der Waals surface area contributed by atoms with Crippen molar-refractivity contribution in [3.05, 3.63) is 82.8 Å². The molecule has 36 heavy (non-hydrogen) atoms. The lowest BCUT2D eigenvalue weighted by Crippen LogP contribution is -2.28. The first-order valence-electron chi connectivity index (χ1n) is 10.8. The van der Waals surface area contributed by atoms with Gasteiger partial charge in [0.25, 0.3) is 0 Å². The Morgan fingerprint density at radius 2 is 1.72 bits per heavy atom. The monoisotopic (exact) mass is 523 g/mol. The maximum absolute atomic E-state index is 14.4. The van der Waals surface area contributed by atoms with Crippen LogP contribution in [0.2, 0.25) is 0 Å². The Morgan fingerprint density at radius 1 is 1.06 bits per heavy atom. The summed E-state index contributed by atoms with van der Waals surface area (Å²) in [5, 5.41) is 2.70. The molecular formula is C25H25F4N3O3S. The van der Waals surface area contributed by atoms with E-state index >= 15 is 0 Å². The molecule has 0 spiro atoms. The zero-order valence-corrected chi connectivity index (χ0v) is 20.6. The van der Waals surface area contributed by atoms with Crippen LogP contribution in [0.3, 0.4) is 0 Å². The number of aromatic nitrogens is 1. The van der Waals surface area contributed by atoms with Gasteiger partial charge in [0.1, 0.15) is 17.3 Å². The summed E-state index contributed by atoms with van der Waals surface area (Å²) in [7, 11) is 0.180. The van der Waals surface area contributed by atoms with Crippen molar-refractivity contribution in [3.63, 3.8) is 0 Å². The molecule has 0 radical (unpaired) electrons. The maximum atomic E-state index is 14.4. The van der Waals surface area contributed by atoms with E-state index in [-0.39, 0.29) is 18.8 Å². The number of amides is 1. The number of methoxy groups -OCH3 is 1. The van der Waals surface area contributed by atoms with E-state index in [2.05, 4.69) is 15.0 Å². The average Bonchev–Trinajstić information content (AvgIpc) is 2.85. The minimum absolute atomic E-state index is 0.0743. The Labute approximate surface area is 208 Å². The number of pyridine rings is 1.